The molecule has 0 fully saturated rings. The summed E-state index contributed by atoms with van der Waals surface area (Å²) in [6, 6.07) is 11.2. The smallest absolute Gasteiger partial charge is 0.323 e. The Kier molecular flexibility index (Phi) is 4.74. The van der Waals surface area contributed by atoms with E-state index in [1.807, 2.05) is 0 Å². The minimum absolute atomic E-state index is 0.193. The molecule has 4 aromatic rings. The van der Waals surface area contributed by atoms with Gasteiger partial charge in [-0.05, 0) is 55.0 Å². The summed E-state index contributed by atoms with van der Waals surface area (Å²) in [4.78, 5) is 36.5. The molecule has 1 unspecified atom stereocenters. The van der Waals surface area contributed by atoms with E-state index in [0.29, 0.717) is 21.9 Å². The summed E-state index contributed by atoms with van der Waals surface area (Å²) < 4.78 is 13.0. The van der Waals surface area contributed by atoms with Gasteiger partial charge in [0.1, 0.15) is 5.82 Å². The van der Waals surface area contributed by atoms with Crippen LogP contribution in [0.4, 0.5) is 10.1 Å². The highest BCUT2D eigenvalue weighted by molar-refractivity contribution is 8.00. The zero-order valence-electron chi connectivity index (χ0n) is 14.7. The molecule has 7 nitrogen and oxygen atoms in total. The van der Waals surface area contributed by atoms with Crippen molar-refractivity contribution < 1.29 is 9.18 Å². The van der Waals surface area contributed by atoms with Crippen LogP contribution in [-0.2, 0) is 4.79 Å². The summed E-state index contributed by atoms with van der Waals surface area (Å²) in [7, 11) is 0. The van der Waals surface area contributed by atoms with Crippen LogP contribution >= 0.6 is 11.8 Å². The molecule has 28 heavy (non-hydrogen) atoms. The Morgan fingerprint density at radius 3 is 2.64 bits per heavy atom. The first-order chi connectivity index (χ1) is 13.5. The average Bonchev–Trinajstić information content (AvgIpc) is 3.27. The zero-order valence-corrected chi connectivity index (χ0v) is 15.6. The first kappa shape index (κ1) is 18.1. The Labute approximate surface area is 162 Å². The van der Waals surface area contributed by atoms with E-state index in [-0.39, 0.29) is 17.4 Å². The third-order valence-electron chi connectivity index (χ3n) is 4.15. The molecule has 142 valence electrons. The molecule has 0 bridgehead atoms. The Morgan fingerprint density at radius 1 is 1.11 bits per heavy atom. The highest BCUT2D eigenvalue weighted by Gasteiger charge is 2.17. The number of thioether (sulfide) groups is 1. The van der Waals surface area contributed by atoms with Crippen molar-refractivity contribution in [1.82, 2.24) is 19.9 Å². The van der Waals surface area contributed by atoms with Gasteiger partial charge in [0.05, 0.1) is 28.2 Å². The van der Waals surface area contributed by atoms with Gasteiger partial charge >= 0.3 is 5.69 Å². The van der Waals surface area contributed by atoms with Gasteiger partial charge in [0.25, 0.3) is 0 Å². The number of anilines is 1. The molecule has 1 atom stereocenters. The summed E-state index contributed by atoms with van der Waals surface area (Å²) in [6.07, 6.45) is 1.65. The van der Waals surface area contributed by atoms with Crippen LogP contribution < -0.4 is 11.0 Å². The van der Waals surface area contributed by atoms with Crippen molar-refractivity contribution in [2.45, 2.75) is 17.3 Å². The van der Waals surface area contributed by atoms with E-state index in [9.17, 15) is 14.0 Å². The van der Waals surface area contributed by atoms with Crippen molar-refractivity contribution in [2.75, 3.05) is 5.32 Å². The van der Waals surface area contributed by atoms with Gasteiger partial charge < -0.3 is 20.3 Å². The summed E-state index contributed by atoms with van der Waals surface area (Å²) in [5, 5.41) is 3.01. The molecule has 0 saturated heterocycles. The zero-order chi connectivity index (χ0) is 19.7. The highest BCUT2D eigenvalue weighted by atomic mass is 32.2. The van der Waals surface area contributed by atoms with Crippen molar-refractivity contribution in [2.24, 2.45) is 0 Å². The van der Waals surface area contributed by atoms with Crippen molar-refractivity contribution >= 4 is 34.4 Å². The van der Waals surface area contributed by atoms with Crippen LogP contribution in [0.25, 0.3) is 22.3 Å². The number of hydrogen-bond acceptors (Lipinski definition) is 4. The van der Waals surface area contributed by atoms with Gasteiger partial charge in [0, 0.05) is 5.69 Å². The van der Waals surface area contributed by atoms with Crippen LogP contribution in [0, 0.1) is 5.82 Å². The average molecular weight is 397 g/mol. The van der Waals surface area contributed by atoms with E-state index in [2.05, 4.69) is 25.3 Å². The fourth-order valence-corrected chi connectivity index (χ4v) is 3.50. The number of rotatable bonds is 5. The molecule has 0 saturated carbocycles. The quantitative estimate of drug-likeness (QED) is 0.387. The molecule has 0 aliphatic carbocycles. The Bertz CT molecular complexity index is 1190. The molecule has 2 aromatic carbocycles. The molecule has 0 aliphatic rings. The second-order valence-corrected chi connectivity index (χ2v) is 7.53. The van der Waals surface area contributed by atoms with Crippen LogP contribution in [0.5, 0.6) is 0 Å². The summed E-state index contributed by atoms with van der Waals surface area (Å²) in [5.74, 6) is -0.493. The van der Waals surface area contributed by atoms with Crippen LogP contribution in [0.3, 0.4) is 0 Å². The SMILES string of the molecule is CC(Sc1ncc(-c2ccc(F)cc2)[nH]1)C(=O)Nc1ccc2[nH]c(=O)[nH]c2c1. The van der Waals surface area contributed by atoms with Gasteiger partial charge in [-0.15, -0.1) is 0 Å². The van der Waals surface area contributed by atoms with Gasteiger partial charge in [0.2, 0.25) is 5.91 Å². The standard InChI is InChI=1S/C19H16FN5O2S/c1-10(17(26)22-13-6-7-14-15(8-13)24-18(27)23-14)28-19-21-9-16(25-19)11-2-4-12(20)5-3-11/h2-10H,1H3,(H,21,25)(H,22,26)(H2,23,24,27). The van der Waals surface area contributed by atoms with Gasteiger partial charge in [-0.1, -0.05) is 11.8 Å². The van der Waals surface area contributed by atoms with E-state index in [1.54, 1.807) is 43.5 Å². The van der Waals surface area contributed by atoms with Crippen LogP contribution in [0.15, 0.2) is 58.6 Å². The van der Waals surface area contributed by atoms with Crippen LogP contribution in [-0.4, -0.2) is 31.1 Å². The van der Waals surface area contributed by atoms with Crippen LogP contribution in [0.1, 0.15) is 6.92 Å². The molecular formula is C19H16FN5O2S. The first-order valence-corrected chi connectivity index (χ1v) is 9.36. The molecule has 4 N–H and O–H groups in total. The number of hydrogen-bond donors (Lipinski definition) is 4. The van der Waals surface area contributed by atoms with Gasteiger partial charge in [-0.2, -0.15) is 0 Å². The number of aromatic nitrogens is 4. The third kappa shape index (κ3) is 3.84. The maximum atomic E-state index is 13.0. The molecule has 2 heterocycles. The topological polar surface area (TPSA) is 106 Å². The van der Waals surface area contributed by atoms with Gasteiger partial charge in [-0.3, -0.25) is 4.79 Å². The highest BCUT2D eigenvalue weighted by Crippen LogP contribution is 2.25. The van der Waals surface area contributed by atoms with Crippen LogP contribution in [0.2, 0.25) is 0 Å². The molecule has 2 aromatic heterocycles. The maximum Gasteiger partial charge on any atom is 0.323 e. The lowest BCUT2D eigenvalue weighted by Crippen LogP contribution is -2.22. The minimum Gasteiger partial charge on any atom is -0.333 e. The largest absolute Gasteiger partial charge is 0.333 e. The molecule has 9 heteroatoms. The third-order valence-corrected chi connectivity index (χ3v) is 5.15. The predicted molar refractivity (Wildman–Crippen MR) is 107 cm³/mol. The molecular weight excluding hydrogens is 381 g/mol. The number of carbonyl (C=O) groups excluding carboxylic acids is 1. The number of amides is 1. The summed E-state index contributed by atoms with van der Waals surface area (Å²) in [6.45, 7) is 1.77. The van der Waals surface area contributed by atoms with E-state index in [1.165, 1.54) is 23.9 Å². The predicted octanol–water partition coefficient (Wildman–Crippen LogP) is 3.50. The number of H-pyrrole nitrogens is 3. The summed E-state index contributed by atoms with van der Waals surface area (Å²) in [5.41, 5.74) is 3.15. The molecule has 1 amide bonds. The normalized spacial score (nSPS) is 12.2. The Morgan fingerprint density at radius 2 is 1.86 bits per heavy atom. The summed E-state index contributed by atoms with van der Waals surface area (Å²) >= 11 is 1.28. The Balaban J connectivity index is 1.42. The van der Waals surface area contributed by atoms with E-state index >= 15 is 0 Å². The van der Waals surface area contributed by atoms with E-state index in [4.69, 9.17) is 0 Å². The second-order valence-electron chi connectivity index (χ2n) is 6.20. The van der Waals surface area contributed by atoms with E-state index in [0.717, 1.165) is 11.3 Å². The fraction of sp³-hybridized carbons (Fsp3) is 0.105. The molecule has 0 radical (unpaired) electrons. The van der Waals surface area contributed by atoms with Crippen molar-refractivity contribution in [3.63, 3.8) is 0 Å². The van der Waals surface area contributed by atoms with Gasteiger partial charge in [0.15, 0.2) is 5.16 Å². The number of nitrogens with one attached hydrogen (secondary N) is 4. The maximum absolute atomic E-state index is 13.0. The number of carbonyl (C=O) groups is 1. The lowest BCUT2D eigenvalue weighted by atomic mass is 10.2. The lowest BCUT2D eigenvalue weighted by Gasteiger charge is -2.10. The van der Waals surface area contributed by atoms with E-state index < -0.39 is 5.25 Å². The number of fused-ring (bicyclic) bond motifs is 1. The molecule has 4 rings (SSSR count). The number of halogens is 1. The lowest BCUT2D eigenvalue weighted by molar-refractivity contribution is -0.115. The van der Waals surface area contributed by atoms with Crippen molar-refractivity contribution in [3.05, 3.63) is 65.0 Å². The van der Waals surface area contributed by atoms with Crippen molar-refractivity contribution in [3.8, 4) is 11.3 Å². The van der Waals surface area contributed by atoms with Gasteiger partial charge in [-0.25, -0.2) is 14.2 Å². The molecule has 0 spiro atoms. The first-order valence-electron chi connectivity index (χ1n) is 8.48. The number of aromatic amines is 3. The molecule has 0 aliphatic heterocycles. The fourth-order valence-electron chi connectivity index (χ4n) is 2.71. The number of benzene rings is 2. The monoisotopic (exact) mass is 397 g/mol. The Hall–Kier alpha value is -3.33. The second kappa shape index (κ2) is 7.35. The number of nitrogens with zero attached hydrogens (tertiary/aromatic N) is 1. The van der Waals surface area contributed by atoms with Crippen molar-refractivity contribution in [1.29, 1.82) is 0 Å². The minimum atomic E-state index is -0.409. The number of imidazole rings is 2.